The summed E-state index contributed by atoms with van der Waals surface area (Å²) in [6.45, 7) is 2.49. The standard InChI is InChI=1S/C31H31N3O3/c35-19-18-34-30(37)33(21-23-12-13-24-6-1-2-8-26(24)20-23)29(36)31(34)14-16-32(17-15-31)22-27-10-5-9-25-7-3-4-11-28(25)27/h1-13,20,35H,14-19,21-22H2. The summed E-state index contributed by atoms with van der Waals surface area (Å²) < 4.78 is 0. The van der Waals surface area contributed by atoms with E-state index < -0.39 is 5.54 Å². The van der Waals surface area contributed by atoms with Crippen LogP contribution in [0.3, 0.4) is 0 Å². The number of imide groups is 1. The van der Waals surface area contributed by atoms with Crippen LogP contribution in [-0.2, 0) is 17.9 Å². The number of hydrogen-bond acceptors (Lipinski definition) is 4. The van der Waals surface area contributed by atoms with Gasteiger partial charge in [0.15, 0.2) is 0 Å². The minimum Gasteiger partial charge on any atom is -0.395 e. The molecule has 1 N–H and O–H groups in total. The molecule has 2 aliphatic heterocycles. The quantitative estimate of drug-likeness (QED) is 0.393. The van der Waals surface area contributed by atoms with Crippen molar-refractivity contribution in [3.05, 3.63) is 96.1 Å². The molecule has 0 unspecified atom stereocenters. The molecule has 2 aliphatic rings. The number of β-amino-alcohol motifs (C(OH)–C–C–N with tert-alkyl or cyclic N) is 1. The van der Waals surface area contributed by atoms with E-state index in [4.69, 9.17) is 0 Å². The van der Waals surface area contributed by atoms with Gasteiger partial charge in [0.2, 0.25) is 0 Å². The largest absolute Gasteiger partial charge is 0.395 e. The number of benzene rings is 4. The van der Waals surface area contributed by atoms with Gasteiger partial charge in [-0.3, -0.25) is 14.6 Å². The van der Waals surface area contributed by atoms with Crippen molar-refractivity contribution in [3.8, 4) is 0 Å². The monoisotopic (exact) mass is 493 g/mol. The maximum absolute atomic E-state index is 13.8. The molecule has 0 radical (unpaired) electrons. The first-order chi connectivity index (χ1) is 18.1. The minimum atomic E-state index is -0.883. The zero-order valence-electron chi connectivity index (χ0n) is 20.8. The lowest BCUT2D eigenvalue weighted by molar-refractivity contribution is -0.136. The summed E-state index contributed by atoms with van der Waals surface area (Å²) in [5.41, 5.74) is 1.31. The van der Waals surface area contributed by atoms with E-state index >= 15 is 0 Å². The van der Waals surface area contributed by atoms with Gasteiger partial charge in [0.05, 0.1) is 13.2 Å². The lowest BCUT2D eigenvalue weighted by Crippen LogP contribution is -2.57. The van der Waals surface area contributed by atoms with Gasteiger partial charge in [0.1, 0.15) is 5.54 Å². The van der Waals surface area contributed by atoms with E-state index in [0.29, 0.717) is 25.9 Å². The first kappa shape index (κ1) is 23.6. The van der Waals surface area contributed by atoms with Crippen LogP contribution in [-0.4, -0.2) is 63.5 Å². The summed E-state index contributed by atoms with van der Waals surface area (Å²) in [6, 6.07) is 28.6. The molecule has 0 aromatic heterocycles. The molecule has 6 rings (SSSR count). The summed E-state index contributed by atoms with van der Waals surface area (Å²) in [7, 11) is 0. The smallest absolute Gasteiger partial charge is 0.328 e. The molecule has 0 saturated carbocycles. The van der Waals surface area contributed by atoms with Crippen molar-refractivity contribution in [1.82, 2.24) is 14.7 Å². The molecule has 0 aliphatic carbocycles. The fourth-order valence-corrected chi connectivity index (χ4v) is 6.09. The molecule has 6 heteroatoms. The van der Waals surface area contributed by atoms with Crippen LogP contribution < -0.4 is 0 Å². The highest BCUT2D eigenvalue weighted by atomic mass is 16.3. The molecule has 2 saturated heterocycles. The molecule has 0 bridgehead atoms. The van der Waals surface area contributed by atoms with E-state index in [9.17, 15) is 14.7 Å². The summed E-state index contributed by atoms with van der Waals surface area (Å²) in [4.78, 5) is 32.7. The third kappa shape index (κ3) is 4.16. The van der Waals surface area contributed by atoms with Crippen molar-refractivity contribution in [3.63, 3.8) is 0 Å². The van der Waals surface area contributed by atoms with Crippen LogP contribution in [0.25, 0.3) is 21.5 Å². The van der Waals surface area contributed by atoms with Crippen molar-refractivity contribution in [2.45, 2.75) is 31.5 Å². The minimum absolute atomic E-state index is 0.135. The van der Waals surface area contributed by atoms with E-state index in [1.165, 1.54) is 21.2 Å². The third-order valence-electron chi connectivity index (χ3n) is 8.06. The number of carbonyl (C=O) groups is 2. The molecule has 4 aromatic carbocycles. The van der Waals surface area contributed by atoms with Crippen molar-refractivity contribution >= 4 is 33.5 Å². The molecular formula is C31H31N3O3. The number of fused-ring (bicyclic) bond motifs is 2. The summed E-state index contributed by atoms with van der Waals surface area (Å²) >= 11 is 0. The van der Waals surface area contributed by atoms with Gasteiger partial charge in [-0.05, 0) is 51.6 Å². The second-order valence-electron chi connectivity index (χ2n) is 10.2. The van der Waals surface area contributed by atoms with Gasteiger partial charge in [0, 0.05) is 26.2 Å². The molecular weight excluding hydrogens is 462 g/mol. The molecule has 2 heterocycles. The van der Waals surface area contributed by atoms with Gasteiger partial charge in [-0.25, -0.2) is 4.79 Å². The SMILES string of the molecule is O=C1N(Cc2ccc3ccccc3c2)C(=O)C2(CCN(Cc3cccc4ccccc34)CC2)N1CCO. The lowest BCUT2D eigenvalue weighted by atomic mass is 9.85. The number of piperidine rings is 1. The van der Waals surface area contributed by atoms with Gasteiger partial charge in [-0.2, -0.15) is 0 Å². The number of carbonyl (C=O) groups excluding carboxylic acids is 2. The average molecular weight is 494 g/mol. The Kier molecular flexibility index (Phi) is 6.14. The number of nitrogens with zero attached hydrogens (tertiary/aromatic N) is 3. The maximum Gasteiger partial charge on any atom is 0.328 e. The number of hydrogen-bond donors (Lipinski definition) is 1. The first-order valence-corrected chi connectivity index (χ1v) is 13.0. The number of aliphatic hydroxyl groups is 1. The Morgan fingerprint density at radius 2 is 1.46 bits per heavy atom. The molecule has 0 atom stereocenters. The second-order valence-corrected chi connectivity index (χ2v) is 10.2. The van der Waals surface area contributed by atoms with Crippen molar-refractivity contribution < 1.29 is 14.7 Å². The molecule has 1 spiro atoms. The van der Waals surface area contributed by atoms with E-state index in [-0.39, 0.29) is 31.6 Å². The van der Waals surface area contributed by atoms with Crippen LogP contribution in [0.1, 0.15) is 24.0 Å². The highest BCUT2D eigenvalue weighted by Crippen LogP contribution is 2.38. The van der Waals surface area contributed by atoms with E-state index in [0.717, 1.165) is 22.9 Å². The molecule has 37 heavy (non-hydrogen) atoms. The topological polar surface area (TPSA) is 64.1 Å². The Morgan fingerprint density at radius 1 is 0.757 bits per heavy atom. The van der Waals surface area contributed by atoms with Crippen LogP contribution >= 0.6 is 0 Å². The summed E-state index contributed by atoms with van der Waals surface area (Å²) in [5.74, 6) is -0.135. The number of aliphatic hydroxyl groups excluding tert-OH is 1. The maximum atomic E-state index is 13.8. The molecule has 6 nitrogen and oxygen atoms in total. The van der Waals surface area contributed by atoms with Crippen molar-refractivity contribution in [1.29, 1.82) is 0 Å². The van der Waals surface area contributed by atoms with Crippen molar-refractivity contribution in [2.24, 2.45) is 0 Å². The Bertz CT molecular complexity index is 1470. The Balaban J connectivity index is 1.21. The van der Waals surface area contributed by atoms with E-state index in [1.54, 1.807) is 4.90 Å². The van der Waals surface area contributed by atoms with Gasteiger partial charge in [-0.1, -0.05) is 78.9 Å². The average Bonchev–Trinajstić information content (AvgIpc) is 3.11. The predicted octanol–water partition coefficient (Wildman–Crippen LogP) is 4.78. The molecule has 3 amide bonds. The summed E-state index contributed by atoms with van der Waals surface area (Å²) in [5, 5.41) is 14.4. The molecule has 4 aromatic rings. The number of amides is 3. The van der Waals surface area contributed by atoms with Crippen LogP contribution in [0.2, 0.25) is 0 Å². The highest BCUT2D eigenvalue weighted by Gasteiger charge is 2.57. The normalized spacial score (nSPS) is 18.0. The Labute approximate surface area is 216 Å². The van der Waals surface area contributed by atoms with Crippen LogP contribution in [0.4, 0.5) is 4.79 Å². The fourth-order valence-electron chi connectivity index (χ4n) is 6.09. The molecule has 2 fully saturated rings. The number of urea groups is 1. The first-order valence-electron chi connectivity index (χ1n) is 13.0. The third-order valence-corrected chi connectivity index (χ3v) is 8.06. The second kappa shape index (κ2) is 9.61. The van der Waals surface area contributed by atoms with E-state index in [1.807, 2.05) is 36.4 Å². The summed E-state index contributed by atoms with van der Waals surface area (Å²) in [6.07, 6.45) is 1.13. The zero-order valence-corrected chi connectivity index (χ0v) is 20.8. The number of likely N-dealkylation sites (tertiary alicyclic amines) is 1. The van der Waals surface area contributed by atoms with Gasteiger partial charge in [-0.15, -0.1) is 0 Å². The lowest BCUT2D eigenvalue weighted by Gasteiger charge is -2.42. The van der Waals surface area contributed by atoms with Crippen LogP contribution in [0.5, 0.6) is 0 Å². The fraction of sp³-hybridized carbons (Fsp3) is 0.290. The predicted molar refractivity (Wildman–Crippen MR) is 145 cm³/mol. The van der Waals surface area contributed by atoms with Gasteiger partial charge < -0.3 is 10.0 Å². The Morgan fingerprint density at radius 3 is 2.24 bits per heavy atom. The van der Waals surface area contributed by atoms with Gasteiger partial charge in [0.25, 0.3) is 5.91 Å². The van der Waals surface area contributed by atoms with Crippen molar-refractivity contribution in [2.75, 3.05) is 26.2 Å². The zero-order chi connectivity index (χ0) is 25.4. The number of rotatable bonds is 6. The molecule has 188 valence electrons. The van der Waals surface area contributed by atoms with Crippen LogP contribution in [0.15, 0.2) is 84.9 Å². The highest BCUT2D eigenvalue weighted by molar-refractivity contribution is 6.07. The van der Waals surface area contributed by atoms with E-state index in [2.05, 4.69) is 53.4 Å². The Hall–Kier alpha value is -3.74. The van der Waals surface area contributed by atoms with Crippen LogP contribution in [0, 0.1) is 0 Å². The van der Waals surface area contributed by atoms with Gasteiger partial charge >= 0.3 is 6.03 Å².